The third kappa shape index (κ3) is 4.07. The lowest BCUT2D eigenvalue weighted by Gasteiger charge is -2.45. The molecule has 4 heteroatoms. The van der Waals surface area contributed by atoms with E-state index < -0.39 is 5.60 Å². The van der Waals surface area contributed by atoms with Crippen LogP contribution in [0.4, 0.5) is 0 Å². The molecule has 1 N–H and O–H groups in total. The number of benzene rings is 2. The van der Waals surface area contributed by atoms with E-state index in [1.807, 2.05) is 67.7 Å². The average molecular weight is 356 g/mol. The first-order valence-electron chi connectivity index (χ1n) is 8.82. The quantitative estimate of drug-likeness (QED) is 0.822. The smallest absolute Gasteiger partial charge is 0.233 e. The Hall–Kier alpha value is -1.78. The van der Waals surface area contributed by atoms with Crippen molar-refractivity contribution in [2.75, 3.05) is 12.8 Å². The van der Waals surface area contributed by atoms with Crippen molar-refractivity contribution in [1.82, 2.24) is 4.90 Å². The molecule has 2 aromatic carbocycles. The highest BCUT2D eigenvalue weighted by Gasteiger charge is 2.43. The lowest BCUT2D eigenvalue weighted by atomic mass is 9.75. The fourth-order valence-corrected chi connectivity index (χ4v) is 4.50. The number of carbonyl (C=O) groups excluding carboxylic acids is 1. The molecular formula is C21H25NO2S. The molecule has 2 aromatic rings. The molecule has 1 aliphatic rings. The molecule has 1 amide bonds. The van der Waals surface area contributed by atoms with Gasteiger partial charge >= 0.3 is 0 Å². The van der Waals surface area contributed by atoms with Crippen molar-refractivity contribution in [1.29, 1.82) is 0 Å². The SMILES string of the molecule is CN(C(=O)CSc1ccccc1)[C@H]1CCCC[C@@]1(O)c1ccccc1. The van der Waals surface area contributed by atoms with Gasteiger partial charge in [-0.2, -0.15) is 0 Å². The predicted octanol–water partition coefficient (Wildman–Crippen LogP) is 4.07. The summed E-state index contributed by atoms with van der Waals surface area (Å²) in [6.07, 6.45) is 3.57. The standard InChI is InChI=1S/C21H25NO2S/c1-22(20(23)16-25-18-12-6-3-7-13-18)19-14-8-9-15-21(19,24)17-10-4-2-5-11-17/h2-7,10-13,19,24H,8-9,14-16H2,1H3/t19-,21+/m0/s1. The Kier molecular flexibility index (Phi) is 5.82. The van der Waals surface area contributed by atoms with E-state index in [0.717, 1.165) is 29.7 Å². The third-order valence-corrected chi connectivity index (χ3v) is 6.07. The van der Waals surface area contributed by atoms with E-state index in [4.69, 9.17) is 0 Å². The molecule has 0 aliphatic heterocycles. The highest BCUT2D eigenvalue weighted by molar-refractivity contribution is 8.00. The van der Waals surface area contributed by atoms with Crippen LogP contribution in [0.1, 0.15) is 31.2 Å². The molecule has 0 saturated heterocycles. The number of amides is 1. The van der Waals surface area contributed by atoms with Crippen molar-refractivity contribution in [3.63, 3.8) is 0 Å². The largest absolute Gasteiger partial charge is 0.383 e. The molecule has 25 heavy (non-hydrogen) atoms. The molecule has 1 fully saturated rings. The van der Waals surface area contributed by atoms with E-state index in [1.165, 1.54) is 0 Å². The molecule has 0 radical (unpaired) electrons. The Bertz CT molecular complexity index is 692. The Morgan fingerprint density at radius 1 is 1.12 bits per heavy atom. The van der Waals surface area contributed by atoms with Gasteiger partial charge in [0.05, 0.1) is 11.8 Å². The van der Waals surface area contributed by atoms with Gasteiger partial charge in [-0.05, 0) is 30.5 Å². The van der Waals surface area contributed by atoms with Crippen LogP contribution >= 0.6 is 11.8 Å². The molecular weight excluding hydrogens is 330 g/mol. The van der Waals surface area contributed by atoms with Crippen molar-refractivity contribution >= 4 is 17.7 Å². The van der Waals surface area contributed by atoms with Crippen LogP contribution in [0.2, 0.25) is 0 Å². The summed E-state index contributed by atoms with van der Waals surface area (Å²) < 4.78 is 0. The predicted molar refractivity (Wildman–Crippen MR) is 103 cm³/mol. The minimum atomic E-state index is -0.957. The molecule has 3 nitrogen and oxygen atoms in total. The van der Waals surface area contributed by atoms with Crippen LogP contribution in [0.3, 0.4) is 0 Å². The minimum absolute atomic E-state index is 0.0649. The second-order valence-corrected chi connectivity index (χ2v) is 7.71. The number of hydrogen-bond acceptors (Lipinski definition) is 3. The molecule has 132 valence electrons. The van der Waals surface area contributed by atoms with Crippen LogP contribution in [0.5, 0.6) is 0 Å². The van der Waals surface area contributed by atoms with Gasteiger partial charge in [0, 0.05) is 11.9 Å². The summed E-state index contributed by atoms with van der Waals surface area (Å²) in [4.78, 5) is 15.6. The number of rotatable bonds is 5. The molecule has 2 atom stereocenters. The zero-order valence-electron chi connectivity index (χ0n) is 14.6. The lowest BCUT2D eigenvalue weighted by Crippen LogP contribution is -2.53. The van der Waals surface area contributed by atoms with E-state index >= 15 is 0 Å². The Morgan fingerprint density at radius 3 is 2.44 bits per heavy atom. The van der Waals surface area contributed by atoms with Crippen LogP contribution < -0.4 is 0 Å². The maximum Gasteiger partial charge on any atom is 0.233 e. The van der Waals surface area contributed by atoms with Gasteiger partial charge in [-0.25, -0.2) is 0 Å². The topological polar surface area (TPSA) is 40.5 Å². The van der Waals surface area contributed by atoms with E-state index in [9.17, 15) is 9.90 Å². The van der Waals surface area contributed by atoms with Crippen LogP contribution in [0.15, 0.2) is 65.6 Å². The molecule has 1 aliphatic carbocycles. The van der Waals surface area contributed by atoms with Crippen LogP contribution in [0.25, 0.3) is 0 Å². The average Bonchev–Trinajstić information content (AvgIpc) is 2.67. The fraction of sp³-hybridized carbons (Fsp3) is 0.381. The Morgan fingerprint density at radius 2 is 1.76 bits per heavy atom. The monoisotopic (exact) mass is 355 g/mol. The summed E-state index contributed by atoms with van der Waals surface area (Å²) >= 11 is 1.54. The van der Waals surface area contributed by atoms with E-state index in [-0.39, 0.29) is 11.9 Å². The first-order valence-corrected chi connectivity index (χ1v) is 9.81. The van der Waals surface area contributed by atoms with Crippen molar-refractivity contribution in [2.24, 2.45) is 0 Å². The van der Waals surface area contributed by atoms with Gasteiger partial charge in [-0.15, -0.1) is 11.8 Å². The van der Waals surface area contributed by atoms with E-state index in [2.05, 4.69) is 0 Å². The second-order valence-electron chi connectivity index (χ2n) is 6.66. The number of aliphatic hydroxyl groups is 1. The highest BCUT2D eigenvalue weighted by atomic mass is 32.2. The number of nitrogens with zero attached hydrogens (tertiary/aromatic N) is 1. The molecule has 1 saturated carbocycles. The third-order valence-electron chi connectivity index (χ3n) is 5.08. The molecule has 0 unspecified atom stereocenters. The summed E-state index contributed by atoms with van der Waals surface area (Å²) in [5, 5.41) is 11.4. The fourth-order valence-electron chi connectivity index (χ4n) is 3.65. The zero-order chi connectivity index (χ0) is 17.7. The van der Waals surface area contributed by atoms with Gasteiger partial charge in [0.25, 0.3) is 0 Å². The van der Waals surface area contributed by atoms with Crippen molar-refractivity contribution in [2.45, 2.75) is 42.2 Å². The van der Waals surface area contributed by atoms with Crippen LogP contribution in [-0.4, -0.2) is 34.8 Å². The highest BCUT2D eigenvalue weighted by Crippen LogP contribution is 2.39. The lowest BCUT2D eigenvalue weighted by molar-refractivity contribution is -0.140. The van der Waals surface area contributed by atoms with E-state index in [1.54, 1.807) is 16.7 Å². The molecule has 3 rings (SSSR count). The van der Waals surface area contributed by atoms with Gasteiger partial charge in [-0.1, -0.05) is 61.4 Å². The molecule has 0 heterocycles. The summed E-state index contributed by atoms with van der Waals surface area (Å²) in [5.41, 5.74) is -0.0449. The number of likely N-dealkylation sites (N-methyl/N-ethyl adjacent to an activating group) is 1. The van der Waals surface area contributed by atoms with Gasteiger partial charge in [0.2, 0.25) is 5.91 Å². The summed E-state index contributed by atoms with van der Waals surface area (Å²) in [5.74, 6) is 0.456. The van der Waals surface area contributed by atoms with Crippen molar-refractivity contribution in [3.05, 3.63) is 66.2 Å². The van der Waals surface area contributed by atoms with Gasteiger partial charge in [0.15, 0.2) is 0 Å². The summed E-state index contributed by atoms with van der Waals surface area (Å²) in [6, 6.07) is 19.6. The van der Waals surface area contributed by atoms with Crippen LogP contribution in [-0.2, 0) is 10.4 Å². The van der Waals surface area contributed by atoms with E-state index in [0.29, 0.717) is 12.2 Å². The normalized spacial score (nSPS) is 23.2. The Balaban J connectivity index is 1.72. The maximum atomic E-state index is 12.7. The summed E-state index contributed by atoms with van der Waals surface area (Å²) in [7, 11) is 1.83. The molecule has 0 aromatic heterocycles. The van der Waals surface area contributed by atoms with Crippen molar-refractivity contribution in [3.8, 4) is 0 Å². The van der Waals surface area contributed by atoms with Gasteiger partial charge in [-0.3, -0.25) is 4.79 Å². The second kappa shape index (κ2) is 8.07. The molecule has 0 bridgehead atoms. The molecule has 0 spiro atoms. The minimum Gasteiger partial charge on any atom is -0.383 e. The Labute approximate surface area is 154 Å². The number of thioether (sulfide) groups is 1. The number of hydrogen-bond donors (Lipinski definition) is 1. The first-order chi connectivity index (χ1) is 12.1. The van der Waals surface area contributed by atoms with Gasteiger partial charge < -0.3 is 10.0 Å². The van der Waals surface area contributed by atoms with Crippen LogP contribution in [0, 0.1) is 0 Å². The number of carbonyl (C=O) groups is 1. The zero-order valence-corrected chi connectivity index (χ0v) is 15.4. The van der Waals surface area contributed by atoms with Gasteiger partial charge in [0.1, 0.15) is 5.60 Å². The maximum absolute atomic E-state index is 12.7. The van der Waals surface area contributed by atoms with Crippen molar-refractivity contribution < 1.29 is 9.90 Å². The summed E-state index contributed by atoms with van der Waals surface area (Å²) in [6.45, 7) is 0. The first kappa shape index (κ1) is 18.0.